The Kier molecular flexibility index (Phi) is 4.45. The number of ether oxygens (including phenoxy) is 1. The van der Waals surface area contributed by atoms with Crippen LogP contribution in [0, 0.1) is 0 Å². The topological polar surface area (TPSA) is 33.3 Å². The molecule has 0 bridgehead atoms. The van der Waals surface area contributed by atoms with Crippen LogP contribution >= 0.6 is 12.2 Å². The molecule has 1 aliphatic heterocycles. The fourth-order valence-electron chi connectivity index (χ4n) is 1.34. The maximum Gasteiger partial charge on any atom is 0.166 e. The molecule has 4 heteroatoms. The number of hydrogen-bond acceptors (Lipinski definition) is 2. The number of hydrogen-bond donors (Lipinski definition) is 2. The van der Waals surface area contributed by atoms with Gasteiger partial charge < -0.3 is 15.4 Å². The van der Waals surface area contributed by atoms with Crippen molar-refractivity contribution in [3.05, 3.63) is 0 Å². The number of rotatable bonds is 2. The number of thiocarbonyl (C=S) groups is 1. The van der Waals surface area contributed by atoms with Gasteiger partial charge >= 0.3 is 0 Å². The van der Waals surface area contributed by atoms with Crippen LogP contribution in [0.15, 0.2) is 0 Å². The maximum atomic E-state index is 5.34. The molecule has 1 atom stereocenters. The fourth-order valence-corrected chi connectivity index (χ4v) is 1.75. The highest BCUT2D eigenvalue weighted by Crippen LogP contribution is 2.05. The van der Waals surface area contributed by atoms with Crippen molar-refractivity contribution in [2.75, 3.05) is 13.2 Å². The molecular weight excluding hydrogens is 184 g/mol. The molecule has 1 heterocycles. The van der Waals surface area contributed by atoms with E-state index in [1.807, 2.05) is 0 Å². The van der Waals surface area contributed by atoms with Gasteiger partial charge in [0.05, 0.1) is 12.6 Å². The minimum absolute atomic E-state index is 0.393. The molecule has 76 valence electrons. The summed E-state index contributed by atoms with van der Waals surface area (Å²) in [6.07, 6.45) is 2.28. The first-order valence-corrected chi connectivity index (χ1v) is 5.24. The second kappa shape index (κ2) is 5.40. The van der Waals surface area contributed by atoms with E-state index in [1.165, 1.54) is 0 Å². The van der Waals surface area contributed by atoms with Crippen molar-refractivity contribution in [3.8, 4) is 0 Å². The Hall–Kier alpha value is -0.350. The van der Waals surface area contributed by atoms with Crippen LogP contribution in [0.1, 0.15) is 26.7 Å². The molecule has 1 unspecified atom stereocenters. The first kappa shape index (κ1) is 10.7. The summed E-state index contributed by atoms with van der Waals surface area (Å²) in [5.74, 6) is 0. The van der Waals surface area contributed by atoms with E-state index in [4.69, 9.17) is 17.0 Å². The van der Waals surface area contributed by atoms with Crippen LogP contribution in [0.5, 0.6) is 0 Å². The van der Waals surface area contributed by atoms with E-state index in [1.54, 1.807) is 0 Å². The molecule has 0 radical (unpaired) electrons. The summed E-state index contributed by atoms with van der Waals surface area (Å²) >= 11 is 5.13. The van der Waals surface area contributed by atoms with Crippen LogP contribution in [0.25, 0.3) is 0 Å². The van der Waals surface area contributed by atoms with Gasteiger partial charge in [0.2, 0.25) is 0 Å². The Labute approximate surface area is 85.2 Å². The predicted molar refractivity (Wildman–Crippen MR) is 57.8 cm³/mol. The molecule has 0 aromatic rings. The van der Waals surface area contributed by atoms with Gasteiger partial charge in [-0.25, -0.2) is 0 Å². The summed E-state index contributed by atoms with van der Waals surface area (Å²) in [7, 11) is 0. The molecule has 0 aromatic carbocycles. The van der Waals surface area contributed by atoms with Crippen molar-refractivity contribution < 1.29 is 4.74 Å². The summed E-state index contributed by atoms with van der Waals surface area (Å²) in [5.41, 5.74) is 0. The molecule has 13 heavy (non-hydrogen) atoms. The van der Waals surface area contributed by atoms with Gasteiger partial charge in [0.15, 0.2) is 5.11 Å². The molecule has 0 amide bonds. The molecule has 3 nitrogen and oxygen atoms in total. The number of nitrogens with one attached hydrogen (secondary N) is 2. The molecule has 1 aliphatic rings. The van der Waals surface area contributed by atoms with Gasteiger partial charge in [-0.3, -0.25) is 0 Å². The van der Waals surface area contributed by atoms with Crippen molar-refractivity contribution in [3.63, 3.8) is 0 Å². The molecule has 1 rings (SSSR count). The largest absolute Gasteiger partial charge is 0.379 e. The predicted octanol–water partition coefficient (Wildman–Crippen LogP) is 1.04. The quantitative estimate of drug-likeness (QED) is 0.656. The van der Waals surface area contributed by atoms with Crippen LogP contribution in [0.3, 0.4) is 0 Å². The van der Waals surface area contributed by atoms with Crippen molar-refractivity contribution in [1.82, 2.24) is 10.6 Å². The van der Waals surface area contributed by atoms with E-state index in [0.717, 1.165) is 31.2 Å². The molecular formula is C9H18N2OS. The molecule has 0 spiro atoms. The zero-order chi connectivity index (χ0) is 9.68. The Balaban J connectivity index is 2.18. The Bertz CT molecular complexity index is 167. The van der Waals surface area contributed by atoms with Gasteiger partial charge in [-0.05, 0) is 38.9 Å². The average Bonchev–Trinajstić information content (AvgIpc) is 2.04. The van der Waals surface area contributed by atoms with Crippen LogP contribution in [-0.4, -0.2) is 30.4 Å². The minimum Gasteiger partial charge on any atom is -0.379 e. The molecule has 1 fully saturated rings. The highest BCUT2D eigenvalue weighted by Gasteiger charge is 2.14. The standard InChI is InChI=1S/C9H18N2OS/c1-7(2)10-9(13)11-8-4-3-5-12-6-8/h7-8H,3-6H2,1-2H3,(H2,10,11,13). The second-order valence-electron chi connectivity index (χ2n) is 3.69. The Morgan fingerprint density at radius 1 is 1.54 bits per heavy atom. The first-order chi connectivity index (χ1) is 6.18. The first-order valence-electron chi connectivity index (χ1n) is 4.83. The Morgan fingerprint density at radius 2 is 2.31 bits per heavy atom. The van der Waals surface area contributed by atoms with E-state index < -0.39 is 0 Å². The third kappa shape index (κ3) is 4.43. The average molecular weight is 202 g/mol. The summed E-state index contributed by atoms with van der Waals surface area (Å²) < 4.78 is 5.34. The van der Waals surface area contributed by atoms with E-state index in [9.17, 15) is 0 Å². The van der Waals surface area contributed by atoms with Gasteiger partial charge in [-0.15, -0.1) is 0 Å². The SMILES string of the molecule is CC(C)NC(=S)NC1CCCOC1. The van der Waals surface area contributed by atoms with Gasteiger partial charge in [-0.2, -0.15) is 0 Å². The maximum absolute atomic E-state index is 5.34. The normalized spacial score (nSPS) is 22.8. The van der Waals surface area contributed by atoms with E-state index in [2.05, 4.69) is 24.5 Å². The van der Waals surface area contributed by atoms with E-state index >= 15 is 0 Å². The highest BCUT2D eigenvalue weighted by molar-refractivity contribution is 7.80. The van der Waals surface area contributed by atoms with Crippen molar-refractivity contribution >= 4 is 17.3 Å². The zero-order valence-corrected chi connectivity index (χ0v) is 9.12. The monoisotopic (exact) mass is 202 g/mol. The van der Waals surface area contributed by atoms with Crippen LogP contribution < -0.4 is 10.6 Å². The third-order valence-electron chi connectivity index (χ3n) is 1.92. The van der Waals surface area contributed by atoms with Gasteiger partial charge in [0.25, 0.3) is 0 Å². The lowest BCUT2D eigenvalue weighted by molar-refractivity contribution is 0.0763. The van der Waals surface area contributed by atoms with E-state index in [0.29, 0.717) is 12.1 Å². The van der Waals surface area contributed by atoms with Gasteiger partial charge in [0, 0.05) is 12.6 Å². The third-order valence-corrected chi connectivity index (χ3v) is 2.15. The molecule has 0 saturated carbocycles. The molecule has 2 N–H and O–H groups in total. The van der Waals surface area contributed by atoms with E-state index in [-0.39, 0.29) is 0 Å². The molecule has 0 aromatic heterocycles. The fraction of sp³-hybridized carbons (Fsp3) is 0.889. The highest BCUT2D eigenvalue weighted by atomic mass is 32.1. The summed E-state index contributed by atoms with van der Waals surface area (Å²) in [6.45, 7) is 5.82. The zero-order valence-electron chi connectivity index (χ0n) is 8.30. The van der Waals surface area contributed by atoms with Crippen molar-refractivity contribution in [1.29, 1.82) is 0 Å². The smallest absolute Gasteiger partial charge is 0.166 e. The summed E-state index contributed by atoms with van der Waals surface area (Å²) in [6, 6.07) is 0.789. The van der Waals surface area contributed by atoms with Gasteiger partial charge in [0.1, 0.15) is 0 Å². The lowest BCUT2D eigenvalue weighted by Crippen LogP contribution is -2.47. The molecule has 1 saturated heterocycles. The lowest BCUT2D eigenvalue weighted by atomic mass is 10.1. The lowest BCUT2D eigenvalue weighted by Gasteiger charge is -2.25. The summed E-state index contributed by atoms with van der Waals surface area (Å²) in [4.78, 5) is 0. The second-order valence-corrected chi connectivity index (χ2v) is 4.09. The summed E-state index contributed by atoms with van der Waals surface area (Å²) in [5, 5.41) is 7.14. The van der Waals surface area contributed by atoms with Crippen LogP contribution in [0.2, 0.25) is 0 Å². The van der Waals surface area contributed by atoms with Crippen molar-refractivity contribution in [2.45, 2.75) is 38.8 Å². The minimum atomic E-state index is 0.393. The van der Waals surface area contributed by atoms with Crippen LogP contribution in [-0.2, 0) is 4.74 Å². The molecule has 0 aliphatic carbocycles. The van der Waals surface area contributed by atoms with Gasteiger partial charge in [-0.1, -0.05) is 0 Å². The van der Waals surface area contributed by atoms with Crippen LogP contribution in [0.4, 0.5) is 0 Å². The van der Waals surface area contributed by atoms with Crippen molar-refractivity contribution in [2.24, 2.45) is 0 Å². The Morgan fingerprint density at radius 3 is 2.85 bits per heavy atom.